The lowest BCUT2D eigenvalue weighted by Gasteiger charge is -2.02. The molecular weight excluding hydrogens is 234 g/mol. The molecular formula is C7H5N5O5. The fourth-order valence-electron chi connectivity index (χ4n) is 1.45. The molecule has 0 spiro atoms. The summed E-state index contributed by atoms with van der Waals surface area (Å²) in [6, 6.07) is 1.06. The van der Waals surface area contributed by atoms with Gasteiger partial charge in [0.05, 0.1) is 23.0 Å². The van der Waals surface area contributed by atoms with Crippen molar-refractivity contribution in [1.29, 1.82) is 0 Å². The second-order valence-corrected chi connectivity index (χ2v) is 3.00. The molecule has 0 saturated heterocycles. The first-order chi connectivity index (χ1) is 8.06. The molecule has 0 unspecified atom stereocenters. The topological polar surface area (TPSA) is 137 Å². The summed E-state index contributed by atoms with van der Waals surface area (Å²) >= 11 is 0. The van der Waals surface area contributed by atoms with Crippen LogP contribution in [0.5, 0.6) is 5.75 Å². The number of ether oxygens (including phenoxy) is 1. The second kappa shape index (κ2) is 3.66. The van der Waals surface area contributed by atoms with Crippen molar-refractivity contribution in [2.45, 2.75) is 0 Å². The number of fused-ring (bicyclic) bond motifs is 1. The third-order valence-electron chi connectivity index (χ3n) is 2.12. The van der Waals surface area contributed by atoms with Crippen molar-refractivity contribution < 1.29 is 14.6 Å². The Labute approximate surface area is 92.5 Å². The number of nitrogens with one attached hydrogen (secondary N) is 1. The number of H-pyrrole nitrogens is 1. The summed E-state index contributed by atoms with van der Waals surface area (Å²) in [5, 5.41) is 30.8. The fourth-order valence-corrected chi connectivity index (χ4v) is 1.45. The first-order valence-electron chi connectivity index (χ1n) is 4.26. The van der Waals surface area contributed by atoms with Crippen molar-refractivity contribution in [2.24, 2.45) is 0 Å². The minimum absolute atomic E-state index is 0.0162. The highest BCUT2D eigenvalue weighted by Crippen LogP contribution is 2.40. The SMILES string of the molecule is COc1c([N+](=O)[O-])cc2nn[nH]c2c1[N+](=O)[O-]. The van der Waals surface area contributed by atoms with Crippen LogP contribution in [0.1, 0.15) is 0 Å². The van der Waals surface area contributed by atoms with Crippen molar-refractivity contribution >= 4 is 22.4 Å². The van der Waals surface area contributed by atoms with Crippen LogP contribution >= 0.6 is 0 Å². The summed E-state index contributed by atoms with van der Waals surface area (Å²) in [4.78, 5) is 20.1. The van der Waals surface area contributed by atoms with Gasteiger partial charge in [0.2, 0.25) is 0 Å². The van der Waals surface area contributed by atoms with Crippen LogP contribution in [0.25, 0.3) is 11.0 Å². The predicted octanol–water partition coefficient (Wildman–Crippen LogP) is 0.783. The van der Waals surface area contributed by atoms with Crippen molar-refractivity contribution in [2.75, 3.05) is 7.11 Å². The van der Waals surface area contributed by atoms with E-state index in [1.807, 2.05) is 0 Å². The summed E-state index contributed by atoms with van der Waals surface area (Å²) < 4.78 is 4.72. The Bertz CT molecular complexity index is 620. The van der Waals surface area contributed by atoms with Crippen LogP contribution in [0.2, 0.25) is 0 Å². The van der Waals surface area contributed by atoms with Gasteiger partial charge in [0.15, 0.2) is 5.52 Å². The van der Waals surface area contributed by atoms with Crippen LogP contribution in [0.4, 0.5) is 11.4 Å². The molecule has 1 aromatic heterocycles. The smallest absolute Gasteiger partial charge is 0.345 e. The molecule has 1 N–H and O–H groups in total. The Balaban J connectivity index is 2.93. The van der Waals surface area contributed by atoms with E-state index >= 15 is 0 Å². The number of aromatic amines is 1. The van der Waals surface area contributed by atoms with E-state index in [9.17, 15) is 20.2 Å². The van der Waals surface area contributed by atoms with E-state index < -0.39 is 27.0 Å². The molecule has 0 fully saturated rings. The van der Waals surface area contributed by atoms with E-state index in [4.69, 9.17) is 4.74 Å². The number of nitrogens with zero attached hydrogens (tertiary/aromatic N) is 4. The molecule has 88 valence electrons. The van der Waals surface area contributed by atoms with E-state index in [1.54, 1.807) is 0 Å². The summed E-state index contributed by atoms with van der Waals surface area (Å²) in [6.07, 6.45) is 0. The number of methoxy groups -OCH3 is 1. The Hall–Kier alpha value is -2.78. The van der Waals surface area contributed by atoms with Crippen LogP contribution < -0.4 is 4.74 Å². The van der Waals surface area contributed by atoms with E-state index in [0.717, 1.165) is 13.2 Å². The summed E-state index contributed by atoms with van der Waals surface area (Å²) in [5.74, 6) is -0.432. The average molecular weight is 239 g/mol. The minimum Gasteiger partial charge on any atom is -0.485 e. The molecule has 0 aliphatic heterocycles. The lowest BCUT2D eigenvalue weighted by Crippen LogP contribution is -1.99. The standard InChI is InChI=1S/C7H5N5O5/c1-17-7-4(11(13)14)2-3-5(9-10-8-3)6(7)12(15)16/h2H,1H3,(H,8,9,10). The largest absolute Gasteiger partial charge is 0.485 e. The number of hydrogen-bond donors (Lipinski definition) is 1. The maximum absolute atomic E-state index is 10.9. The van der Waals surface area contributed by atoms with Gasteiger partial charge in [-0.3, -0.25) is 25.3 Å². The number of nitro groups is 2. The van der Waals surface area contributed by atoms with Gasteiger partial charge in [0.25, 0.3) is 5.75 Å². The molecule has 10 nitrogen and oxygen atoms in total. The number of aromatic nitrogens is 3. The van der Waals surface area contributed by atoms with Crippen LogP contribution in [0.3, 0.4) is 0 Å². The minimum atomic E-state index is -0.784. The number of rotatable bonds is 3. The van der Waals surface area contributed by atoms with Crippen LogP contribution in [-0.2, 0) is 0 Å². The third-order valence-corrected chi connectivity index (χ3v) is 2.12. The van der Waals surface area contributed by atoms with E-state index in [1.165, 1.54) is 0 Å². The van der Waals surface area contributed by atoms with Crippen LogP contribution in [0, 0.1) is 20.2 Å². The Kier molecular flexibility index (Phi) is 2.31. The first-order valence-corrected chi connectivity index (χ1v) is 4.26. The molecule has 0 aliphatic carbocycles. The molecule has 10 heteroatoms. The molecule has 0 atom stereocenters. The van der Waals surface area contributed by atoms with Crippen molar-refractivity contribution in [3.63, 3.8) is 0 Å². The molecule has 0 saturated carbocycles. The van der Waals surface area contributed by atoms with Gasteiger partial charge in [-0.2, -0.15) is 0 Å². The van der Waals surface area contributed by atoms with Gasteiger partial charge >= 0.3 is 11.4 Å². The van der Waals surface area contributed by atoms with Gasteiger partial charge in [0.1, 0.15) is 5.52 Å². The summed E-state index contributed by atoms with van der Waals surface area (Å²) in [7, 11) is 1.12. The quantitative estimate of drug-likeness (QED) is 0.616. The van der Waals surface area contributed by atoms with Gasteiger partial charge < -0.3 is 4.74 Å². The van der Waals surface area contributed by atoms with Crippen molar-refractivity contribution in [3.8, 4) is 5.75 Å². The molecule has 2 rings (SSSR count). The van der Waals surface area contributed by atoms with Gasteiger partial charge in [-0.25, -0.2) is 0 Å². The average Bonchev–Trinajstić information content (AvgIpc) is 2.73. The Morgan fingerprint density at radius 2 is 2.06 bits per heavy atom. The highest BCUT2D eigenvalue weighted by Gasteiger charge is 2.31. The van der Waals surface area contributed by atoms with Crippen LogP contribution in [-0.4, -0.2) is 32.4 Å². The monoisotopic (exact) mass is 239 g/mol. The van der Waals surface area contributed by atoms with Crippen molar-refractivity contribution in [3.05, 3.63) is 26.3 Å². The van der Waals surface area contributed by atoms with Gasteiger partial charge in [-0.15, -0.1) is 5.10 Å². The molecule has 2 aromatic rings. The number of benzene rings is 1. The molecule has 0 amide bonds. The van der Waals surface area contributed by atoms with Crippen molar-refractivity contribution in [1.82, 2.24) is 15.4 Å². The molecule has 0 bridgehead atoms. The lowest BCUT2D eigenvalue weighted by atomic mass is 10.2. The number of nitro benzene ring substituents is 2. The van der Waals surface area contributed by atoms with Crippen LogP contribution in [0.15, 0.2) is 6.07 Å². The number of hydrogen-bond acceptors (Lipinski definition) is 7. The normalized spacial score (nSPS) is 10.4. The van der Waals surface area contributed by atoms with E-state index in [2.05, 4.69) is 15.4 Å². The van der Waals surface area contributed by atoms with Gasteiger partial charge in [0, 0.05) is 0 Å². The van der Waals surface area contributed by atoms with E-state index in [0.29, 0.717) is 0 Å². The lowest BCUT2D eigenvalue weighted by molar-refractivity contribution is -0.394. The maximum Gasteiger partial charge on any atom is 0.345 e. The Morgan fingerprint density at radius 3 is 2.59 bits per heavy atom. The Morgan fingerprint density at radius 1 is 1.35 bits per heavy atom. The zero-order chi connectivity index (χ0) is 12.6. The molecule has 0 aliphatic rings. The zero-order valence-corrected chi connectivity index (χ0v) is 8.41. The molecule has 0 radical (unpaired) electrons. The van der Waals surface area contributed by atoms with E-state index in [-0.39, 0.29) is 11.0 Å². The maximum atomic E-state index is 10.9. The second-order valence-electron chi connectivity index (χ2n) is 3.00. The third kappa shape index (κ3) is 1.51. The summed E-state index contributed by atoms with van der Waals surface area (Å²) in [6.45, 7) is 0. The predicted molar refractivity (Wildman–Crippen MR) is 53.7 cm³/mol. The highest BCUT2D eigenvalue weighted by molar-refractivity contribution is 5.91. The van der Waals surface area contributed by atoms with Gasteiger partial charge in [-0.1, -0.05) is 5.21 Å². The zero-order valence-electron chi connectivity index (χ0n) is 8.41. The summed E-state index contributed by atoms with van der Waals surface area (Å²) in [5.41, 5.74) is -1.07. The first kappa shape index (κ1) is 10.7. The molecule has 1 aromatic carbocycles. The van der Waals surface area contributed by atoms with Gasteiger partial charge in [-0.05, 0) is 0 Å². The molecule has 17 heavy (non-hydrogen) atoms. The fraction of sp³-hybridized carbons (Fsp3) is 0.143. The highest BCUT2D eigenvalue weighted by atomic mass is 16.6. The molecule has 1 heterocycles.